The molecule has 1 aromatic carbocycles. The van der Waals surface area contributed by atoms with Gasteiger partial charge in [0.2, 0.25) is 11.8 Å². The number of hydrogen-bond acceptors (Lipinski definition) is 4. The highest BCUT2D eigenvalue weighted by Gasteiger charge is 2.06. The molecular formula is C16H10BrClFN3O. The number of nitrogens with zero attached hydrogens (tertiary/aromatic N) is 3. The number of pyridine rings is 1. The number of aromatic nitrogens is 3. The zero-order chi connectivity index (χ0) is 16.2. The van der Waals surface area contributed by atoms with Gasteiger partial charge in [-0.2, -0.15) is 0 Å². The lowest BCUT2D eigenvalue weighted by molar-refractivity contribution is 0.495. The third kappa shape index (κ3) is 4.24. The maximum atomic E-state index is 13.0. The molecule has 4 nitrogen and oxygen atoms in total. The van der Waals surface area contributed by atoms with Crippen molar-refractivity contribution in [3.63, 3.8) is 0 Å². The second-order valence-electron chi connectivity index (χ2n) is 4.68. The van der Waals surface area contributed by atoms with E-state index in [9.17, 15) is 4.39 Å². The molecule has 116 valence electrons. The van der Waals surface area contributed by atoms with Crippen molar-refractivity contribution in [2.45, 2.75) is 6.42 Å². The quantitative estimate of drug-likeness (QED) is 0.639. The van der Waals surface area contributed by atoms with Crippen LogP contribution in [0.5, 0.6) is 0 Å². The van der Waals surface area contributed by atoms with Crippen LogP contribution in [0.4, 0.5) is 4.39 Å². The highest BCUT2D eigenvalue weighted by Crippen LogP contribution is 2.20. The van der Waals surface area contributed by atoms with Crippen LogP contribution in [0, 0.1) is 5.82 Å². The van der Waals surface area contributed by atoms with Crippen molar-refractivity contribution in [3.05, 3.63) is 74.9 Å². The third-order valence-electron chi connectivity index (χ3n) is 2.96. The molecule has 0 saturated heterocycles. The molecule has 0 amide bonds. The fourth-order valence-corrected chi connectivity index (χ4v) is 2.52. The Morgan fingerprint density at radius 3 is 2.83 bits per heavy atom. The van der Waals surface area contributed by atoms with E-state index in [-0.39, 0.29) is 5.82 Å². The molecule has 0 N–H and O–H groups in total. The van der Waals surface area contributed by atoms with Crippen molar-refractivity contribution < 1.29 is 8.81 Å². The molecule has 0 radical (unpaired) electrons. The summed E-state index contributed by atoms with van der Waals surface area (Å²) in [5.74, 6) is 0.421. The summed E-state index contributed by atoms with van der Waals surface area (Å²) < 4.78 is 19.5. The second kappa shape index (κ2) is 7.02. The van der Waals surface area contributed by atoms with Crippen LogP contribution >= 0.6 is 27.5 Å². The summed E-state index contributed by atoms with van der Waals surface area (Å²) in [6, 6.07) is 7.90. The van der Waals surface area contributed by atoms with E-state index in [0.717, 1.165) is 10.2 Å². The maximum Gasteiger partial charge on any atom is 0.240 e. The first-order valence-electron chi connectivity index (χ1n) is 6.66. The lowest BCUT2D eigenvalue weighted by Crippen LogP contribution is -1.91. The number of hydrogen-bond donors (Lipinski definition) is 0. The number of benzene rings is 1. The summed E-state index contributed by atoms with van der Waals surface area (Å²) >= 11 is 9.34. The smallest absolute Gasteiger partial charge is 0.240 e. The highest BCUT2D eigenvalue weighted by atomic mass is 79.9. The van der Waals surface area contributed by atoms with Gasteiger partial charge in [-0.05, 0) is 35.9 Å². The van der Waals surface area contributed by atoms with Crippen LogP contribution < -0.4 is 0 Å². The fraction of sp³-hybridized carbons (Fsp3) is 0.0625. The van der Waals surface area contributed by atoms with Gasteiger partial charge in [-0.1, -0.05) is 33.6 Å². The Bertz CT molecular complexity index is 866. The summed E-state index contributed by atoms with van der Waals surface area (Å²) in [6.45, 7) is 0. The molecule has 0 aliphatic heterocycles. The number of halogens is 3. The molecule has 7 heteroatoms. The van der Waals surface area contributed by atoms with E-state index in [1.54, 1.807) is 24.4 Å². The van der Waals surface area contributed by atoms with Crippen molar-refractivity contribution >= 4 is 39.7 Å². The van der Waals surface area contributed by atoms with Gasteiger partial charge in [0.15, 0.2) is 0 Å². The molecule has 0 aliphatic carbocycles. The molecular weight excluding hydrogens is 385 g/mol. The van der Waals surface area contributed by atoms with Crippen LogP contribution in [0.1, 0.15) is 23.0 Å². The number of rotatable bonds is 4. The Kier molecular flexibility index (Phi) is 4.83. The Hall–Kier alpha value is -2.05. The van der Waals surface area contributed by atoms with Gasteiger partial charge in [0.1, 0.15) is 5.82 Å². The lowest BCUT2D eigenvalue weighted by atomic mass is 10.2. The molecule has 0 aliphatic rings. The van der Waals surface area contributed by atoms with Crippen molar-refractivity contribution in [1.29, 1.82) is 0 Å². The molecule has 2 heterocycles. The topological polar surface area (TPSA) is 51.8 Å². The van der Waals surface area contributed by atoms with Gasteiger partial charge in [-0.3, -0.25) is 4.98 Å². The van der Waals surface area contributed by atoms with Crippen LogP contribution in [0.15, 0.2) is 45.4 Å². The molecule has 3 rings (SSSR count). The van der Waals surface area contributed by atoms with Gasteiger partial charge >= 0.3 is 0 Å². The minimum absolute atomic E-state index is 0.319. The van der Waals surface area contributed by atoms with E-state index < -0.39 is 0 Å². The van der Waals surface area contributed by atoms with Crippen molar-refractivity contribution in [2.75, 3.05) is 0 Å². The first-order valence-corrected chi connectivity index (χ1v) is 7.83. The Morgan fingerprint density at radius 1 is 1.17 bits per heavy atom. The monoisotopic (exact) mass is 393 g/mol. The van der Waals surface area contributed by atoms with E-state index in [0.29, 0.717) is 28.8 Å². The van der Waals surface area contributed by atoms with Gasteiger partial charge in [0.25, 0.3) is 0 Å². The summed E-state index contributed by atoms with van der Waals surface area (Å²) in [7, 11) is 0. The molecule has 0 spiro atoms. The van der Waals surface area contributed by atoms with Crippen LogP contribution in [0.25, 0.3) is 12.2 Å². The molecule has 0 bridgehead atoms. The van der Waals surface area contributed by atoms with Crippen LogP contribution in [-0.4, -0.2) is 15.2 Å². The van der Waals surface area contributed by atoms with E-state index in [1.165, 1.54) is 12.1 Å². The summed E-state index contributed by atoms with van der Waals surface area (Å²) in [6.07, 6.45) is 5.46. The SMILES string of the molecule is Fc1ccc(/C=C/c2nnc(Cc3cc(Br)ccn3)o2)c(Cl)c1. The van der Waals surface area contributed by atoms with Gasteiger partial charge in [0, 0.05) is 16.7 Å². The molecule has 3 aromatic rings. The highest BCUT2D eigenvalue weighted by molar-refractivity contribution is 9.10. The van der Waals surface area contributed by atoms with Crippen molar-refractivity contribution in [1.82, 2.24) is 15.2 Å². The Morgan fingerprint density at radius 2 is 2.04 bits per heavy atom. The largest absolute Gasteiger partial charge is 0.421 e. The second-order valence-corrected chi connectivity index (χ2v) is 6.00. The van der Waals surface area contributed by atoms with E-state index in [1.807, 2.05) is 12.1 Å². The molecule has 0 fully saturated rings. The first-order chi connectivity index (χ1) is 11.1. The molecule has 23 heavy (non-hydrogen) atoms. The summed E-state index contributed by atoms with van der Waals surface area (Å²) in [5.41, 5.74) is 1.49. The minimum Gasteiger partial charge on any atom is -0.421 e. The predicted molar refractivity (Wildman–Crippen MR) is 89.4 cm³/mol. The van der Waals surface area contributed by atoms with Crippen LogP contribution in [-0.2, 0) is 6.42 Å². The van der Waals surface area contributed by atoms with Crippen molar-refractivity contribution in [2.24, 2.45) is 0 Å². The molecule has 2 aromatic heterocycles. The predicted octanol–water partition coefficient (Wildman–Crippen LogP) is 4.78. The van der Waals surface area contributed by atoms with Gasteiger partial charge in [-0.15, -0.1) is 10.2 Å². The molecule has 0 atom stereocenters. The Balaban J connectivity index is 1.73. The molecule has 0 saturated carbocycles. The average molecular weight is 395 g/mol. The average Bonchev–Trinajstić information content (AvgIpc) is 2.94. The van der Waals surface area contributed by atoms with Gasteiger partial charge in [0.05, 0.1) is 17.1 Å². The maximum absolute atomic E-state index is 13.0. The van der Waals surface area contributed by atoms with Gasteiger partial charge < -0.3 is 4.42 Å². The van der Waals surface area contributed by atoms with Crippen LogP contribution in [0.3, 0.4) is 0 Å². The molecule has 0 unspecified atom stereocenters. The van der Waals surface area contributed by atoms with Gasteiger partial charge in [-0.25, -0.2) is 4.39 Å². The van der Waals surface area contributed by atoms with Crippen molar-refractivity contribution in [3.8, 4) is 0 Å². The first kappa shape index (κ1) is 15.8. The minimum atomic E-state index is -0.381. The standard InChI is InChI=1S/C16H10BrClFN3O/c17-11-5-6-20-13(7-11)9-16-22-21-15(23-16)4-2-10-1-3-12(19)8-14(10)18/h1-8H,9H2/b4-2+. The van der Waals surface area contributed by atoms with E-state index in [2.05, 4.69) is 31.1 Å². The Labute approximate surface area is 145 Å². The third-order valence-corrected chi connectivity index (χ3v) is 3.78. The normalized spacial score (nSPS) is 11.3. The zero-order valence-corrected chi connectivity index (χ0v) is 14.1. The van der Waals surface area contributed by atoms with Crippen LogP contribution in [0.2, 0.25) is 5.02 Å². The fourth-order valence-electron chi connectivity index (χ4n) is 1.90. The summed E-state index contributed by atoms with van der Waals surface area (Å²) in [4.78, 5) is 4.23. The lowest BCUT2D eigenvalue weighted by Gasteiger charge is -1.97. The summed E-state index contributed by atoms with van der Waals surface area (Å²) in [5, 5.41) is 8.23. The van der Waals surface area contributed by atoms with E-state index in [4.69, 9.17) is 16.0 Å². The van der Waals surface area contributed by atoms with E-state index >= 15 is 0 Å². The zero-order valence-electron chi connectivity index (χ0n) is 11.7.